The molecule has 0 fully saturated rings. The third kappa shape index (κ3) is 4.24. The Morgan fingerprint density at radius 2 is 2.00 bits per heavy atom. The average Bonchev–Trinajstić information content (AvgIpc) is 3.18. The average molecular weight is 358 g/mol. The minimum atomic E-state index is -0.116. The number of aryl methyl sites for hydroxylation is 2. The summed E-state index contributed by atoms with van der Waals surface area (Å²) in [6.07, 6.45) is 2.15. The molecule has 0 aliphatic heterocycles. The monoisotopic (exact) mass is 358 g/mol. The molecule has 0 aliphatic rings. The number of amides is 1. The molecule has 0 aliphatic carbocycles. The van der Waals surface area contributed by atoms with E-state index in [9.17, 15) is 4.79 Å². The predicted molar refractivity (Wildman–Crippen MR) is 98.5 cm³/mol. The molecule has 0 bridgehead atoms. The van der Waals surface area contributed by atoms with Crippen LogP contribution < -0.4 is 5.32 Å². The van der Waals surface area contributed by atoms with Crippen molar-refractivity contribution in [3.63, 3.8) is 0 Å². The highest BCUT2D eigenvalue weighted by atomic mass is 32.1. The number of nitrogens with zero attached hydrogens (tertiary/aromatic N) is 3. The summed E-state index contributed by atoms with van der Waals surface area (Å²) >= 11 is 2.98. The molecule has 0 atom stereocenters. The van der Waals surface area contributed by atoms with Crippen LogP contribution in [0.25, 0.3) is 10.6 Å². The molecular formula is C17H18N4OS2. The Morgan fingerprint density at radius 3 is 2.75 bits per heavy atom. The van der Waals surface area contributed by atoms with Gasteiger partial charge in [-0.3, -0.25) is 4.79 Å². The van der Waals surface area contributed by atoms with Crippen molar-refractivity contribution in [3.8, 4) is 10.6 Å². The van der Waals surface area contributed by atoms with Crippen LogP contribution in [0.3, 0.4) is 0 Å². The summed E-state index contributed by atoms with van der Waals surface area (Å²) in [6.45, 7) is 4.15. The first-order valence-corrected chi connectivity index (χ1v) is 9.47. The topological polar surface area (TPSA) is 67.8 Å². The number of anilines is 1. The molecule has 124 valence electrons. The molecule has 1 N–H and O–H groups in total. The van der Waals surface area contributed by atoms with Crippen molar-refractivity contribution in [1.29, 1.82) is 0 Å². The van der Waals surface area contributed by atoms with Crippen molar-refractivity contribution >= 4 is 33.7 Å². The molecule has 24 heavy (non-hydrogen) atoms. The van der Waals surface area contributed by atoms with E-state index in [-0.39, 0.29) is 12.3 Å². The molecule has 7 heteroatoms. The third-order valence-corrected chi connectivity index (χ3v) is 5.21. The van der Waals surface area contributed by atoms with E-state index in [1.54, 1.807) is 11.3 Å². The fourth-order valence-electron chi connectivity index (χ4n) is 2.16. The van der Waals surface area contributed by atoms with Crippen molar-refractivity contribution in [2.24, 2.45) is 0 Å². The van der Waals surface area contributed by atoms with E-state index in [0.29, 0.717) is 5.13 Å². The minimum Gasteiger partial charge on any atom is -0.300 e. The lowest BCUT2D eigenvalue weighted by molar-refractivity contribution is -0.115. The van der Waals surface area contributed by atoms with Gasteiger partial charge in [0.2, 0.25) is 11.0 Å². The second-order valence-electron chi connectivity index (χ2n) is 5.49. The van der Waals surface area contributed by atoms with Gasteiger partial charge in [0.25, 0.3) is 0 Å². The molecule has 0 spiro atoms. The van der Waals surface area contributed by atoms with E-state index in [4.69, 9.17) is 0 Å². The van der Waals surface area contributed by atoms with Crippen LogP contribution >= 0.6 is 22.7 Å². The molecule has 0 saturated heterocycles. The maximum absolute atomic E-state index is 12.1. The Bertz CT molecular complexity index is 823. The van der Waals surface area contributed by atoms with Crippen LogP contribution in [0.2, 0.25) is 0 Å². The largest absolute Gasteiger partial charge is 0.300 e. The molecule has 5 nitrogen and oxygen atoms in total. The Labute approximate surface area is 148 Å². The molecule has 2 aromatic heterocycles. The number of hydrogen-bond donors (Lipinski definition) is 1. The number of thiazole rings is 1. The van der Waals surface area contributed by atoms with E-state index in [0.717, 1.165) is 34.1 Å². The molecule has 3 aromatic rings. The Hall–Kier alpha value is -2.12. The van der Waals surface area contributed by atoms with Crippen molar-refractivity contribution in [2.45, 2.75) is 33.1 Å². The van der Waals surface area contributed by atoms with Crippen LogP contribution in [0.1, 0.15) is 29.6 Å². The summed E-state index contributed by atoms with van der Waals surface area (Å²) in [5.41, 5.74) is 3.06. The van der Waals surface area contributed by atoms with Gasteiger partial charge >= 0.3 is 0 Å². The molecule has 1 amide bonds. The zero-order valence-corrected chi connectivity index (χ0v) is 15.2. The quantitative estimate of drug-likeness (QED) is 0.720. The summed E-state index contributed by atoms with van der Waals surface area (Å²) < 4.78 is 0. The van der Waals surface area contributed by atoms with Crippen LogP contribution in [0.5, 0.6) is 0 Å². The maximum Gasteiger partial charge on any atom is 0.232 e. The summed E-state index contributed by atoms with van der Waals surface area (Å²) in [5, 5.41) is 15.2. The second kappa shape index (κ2) is 7.63. The molecule has 1 aromatic carbocycles. The molecule has 0 saturated carbocycles. The van der Waals surface area contributed by atoms with Crippen LogP contribution in [0.4, 0.5) is 5.13 Å². The van der Waals surface area contributed by atoms with Crippen molar-refractivity contribution in [3.05, 3.63) is 45.9 Å². The highest BCUT2D eigenvalue weighted by Gasteiger charge is 2.11. The number of rotatable bonds is 6. The van der Waals surface area contributed by atoms with Crippen LogP contribution in [-0.4, -0.2) is 21.1 Å². The van der Waals surface area contributed by atoms with Gasteiger partial charge in [0, 0.05) is 17.4 Å². The SMILES string of the molecule is CCCc1nnc(NC(=O)Cc2csc(-c3ccc(C)cc3)n2)s1. The number of carbonyl (C=O) groups excluding carboxylic acids is 1. The molecule has 3 rings (SSSR count). The molecular weight excluding hydrogens is 340 g/mol. The van der Waals surface area contributed by atoms with Crippen LogP contribution in [0.15, 0.2) is 29.6 Å². The number of carbonyl (C=O) groups is 1. The van der Waals surface area contributed by atoms with Gasteiger partial charge in [-0.05, 0) is 13.3 Å². The van der Waals surface area contributed by atoms with Gasteiger partial charge in [0.1, 0.15) is 10.0 Å². The van der Waals surface area contributed by atoms with Gasteiger partial charge in [-0.1, -0.05) is 48.1 Å². The zero-order chi connectivity index (χ0) is 16.9. The number of aromatic nitrogens is 3. The highest BCUT2D eigenvalue weighted by Crippen LogP contribution is 2.24. The summed E-state index contributed by atoms with van der Waals surface area (Å²) in [5.74, 6) is -0.116. The molecule has 2 heterocycles. The number of hydrogen-bond acceptors (Lipinski definition) is 6. The smallest absolute Gasteiger partial charge is 0.232 e. The summed E-state index contributed by atoms with van der Waals surface area (Å²) in [6, 6.07) is 8.22. The van der Waals surface area contributed by atoms with Gasteiger partial charge in [-0.2, -0.15) is 0 Å². The zero-order valence-electron chi connectivity index (χ0n) is 13.6. The Balaban J connectivity index is 1.61. The summed E-state index contributed by atoms with van der Waals surface area (Å²) in [7, 11) is 0. The standard InChI is InChI=1S/C17H18N4OS2/c1-3-4-15-20-21-17(24-15)19-14(22)9-13-10-23-16(18-13)12-7-5-11(2)6-8-12/h5-8,10H,3-4,9H2,1-2H3,(H,19,21,22). The van der Waals surface area contributed by atoms with E-state index < -0.39 is 0 Å². The number of nitrogens with one attached hydrogen (secondary N) is 1. The minimum absolute atomic E-state index is 0.116. The first kappa shape index (κ1) is 16.7. The maximum atomic E-state index is 12.1. The van der Waals surface area contributed by atoms with E-state index in [1.165, 1.54) is 16.9 Å². The lowest BCUT2D eigenvalue weighted by Crippen LogP contribution is -2.14. The second-order valence-corrected chi connectivity index (χ2v) is 7.41. The highest BCUT2D eigenvalue weighted by molar-refractivity contribution is 7.15. The fourth-order valence-corrected chi connectivity index (χ4v) is 3.85. The number of benzene rings is 1. The van der Waals surface area contributed by atoms with Gasteiger partial charge in [0.05, 0.1) is 12.1 Å². The van der Waals surface area contributed by atoms with Crippen molar-refractivity contribution in [2.75, 3.05) is 5.32 Å². The summed E-state index contributed by atoms with van der Waals surface area (Å²) in [4.78, 5) is 16.7. The molecule has 0 unspecified atom stereocenters. The predicted octanol–water partition coefficient (Wildman–Crippen LogP) is 4.10. The third-order valence-electron chi connectivity index (χ3n) is 3.37. The van der Waals surface area contributed by atoms with Gasteiger partial charge in [-0.15, -0.1) is 21.5 Å². The Morgan fingerprint density at radius 1 is 1.21 bits per heavy atom. The normalized spacial score (nSPS) is 10.8. The van der Waals surface area contributed by atoms with Gasteiger partial charge in [-0.25, -0.2) is 4.98 Å². The fraction of sp³-hybridized carbons (Fsp3) is 0.294. The first-order valence-electron chi connectivity index (χ1n) is 7.77. The lowest BCUT2D eigenvalue weighted by atomic mass is 10.2. The van der Waals surface area contributed by atoms with Crippen molar-refractivity contribution in [1.82, 2.24) is 15.2 Å². The van der Waals surface area contributed by atoms with E-state index in [1.807, 2.05) is 5.38 Å². The van der Waals surface area contributed by atoms with Crippen LogP contribution in [-0.2, 0) is 17.6 Å². The van der Waals surface area contributed by atoms with Gasteiger partial charge in [0.15, 0.2) is 0 Å². The molecule has 0 radical (unpaired) electrons. The lowest BCUT2D eigenvalue weighted by Gasteiger charge is -1.99. The van der Waals surface area contributed by atoms with Crippen LogP contribution in [0, 0.1) is 6.92 Å². The van der Waals surface area contributed by atoms with Gasteiger partial charge < -0.3 is 5.32 Å². The first-order chi connectivity index (χ1) is 11.6. The van der Waals surface area contributed by atoms with E-state index in [2.05, 4.69) is 58.6 Å². The van der Waals surface area contributed by atoms with E-state index >= 15 is 0 Å². The Kier molecular flexibility index (Phi) is 5.32. The van der Waals surface area contributed by atoms with Crippen molar-refractivity contribution < 1.29 is 4.79 Å².